The van der Waals surface area contributed by atoms with E-state index in [1.807, 2.05) is 0 Å². The van der Waals surface area contributed by atoms with Crippen LogP contribution in [0.5, 0.6) is 11.5 Å². The molecule has 0 heterocycles. The summed E-state index contributed by atoms with van der Waals surface area (Å²) >= 11 is 0. The summed E-state index contributed by atoms with van der Waals surface area (Å²) in [7, 11) is 0. The molecule has 0 aliphatic heterocycles. The molecule has 4 aromatic rings. The van der Waals surface area contributed by atoms with E-state index < -0.39 is 23.6 Å². The van der Waals surface area contributed by atoms with Gasteiger partial charge in [-0.1, -0.05) is 61.7 Å². The maximum absolute atomic E-state index is 15.0. The van der Waals surface area contributed by atoms with E-state index in [0.29, 0.717) is 44.9 Å². The monoisotopic (exact) mass is 524 g/mol. The highest BCUT2D eigenvalue weighted by Crippen LogP contribution is 2.29. The molecule has 4 aromatic carbocycles. The number of carbonyl (C=O) groups is 2. The summed E-state index contributed by atoms with van der Waals surface area (Å²) in [6.45, 7) is 10.2. The number of hydrogen-bond donors (Lipinski definition) is 0. The van der Waals surface area contributed by atoms with E-state index in [1.54, 1.807) is 86.6 Å². The van der Waals surface area contributed by atoms with E-state index in [1.165, 1.54) is 12.1 Å². The third-order valence-corrected chi connectivity index (χ3v) is 5.95. The minimum absolute atomic E-state index is 0.217. The minimum Gasteiger partial charge on any atom is -0.423 e. The van der Waals surface area contributed by atoms with Gasteiger partial charge in [-0.3, -0.25) is 0 Å². The summed E-state index contributed by atoms with van der Waals surface area (Å²) in [6, 6.07) is 22.9. The minimum atomic E-state index is -0.530. The van der Waals surface area contributed by atoms with Gasteiger partial charge in [0.05, 0.1) is 0 Å². The van der Waals surface area contributed by atoms with Gasteiger partial charge in [-0.2, -0.15) is 0 Å². The first kappa shape index (κ1) is 27.2. The van der Waals surface area contributed by atoms with Gasteiger partial charge >= 0.3 is 11.9 Å². The van der Waals surface area contributed by atoms with E-state index in [-0.39, 0.29) is 12.0 Å². The highest BCUT2D eigenvalue weighted by Gasteiger charge is 2.12. The van der Waals surface area contributed by atoms with Crippen molar-refractivity contribution in [1.29, 1.82) is 0 Å². The summed E-state index contributed by atoms with van der Waals surface area (Å²) < 4.78 is 40.3. The van der Waals surface area contributed by atoms with Gasteiger partial charge < -0.3 is 9.47 Å². The molecule has 0 atom stereocenters. The lowest BCUT2D eigenvalue weighted by molar-refractivity contribution is -0.130. The van der Waals surface area contributed by atoms with Gasteiger partial charge in [-0.15, -0.1) is 0 Å². The zero-order valence-corrected chi connectivity index (χ0v) is 21.6. The maximum Gasteiger partial charge on any atom is 0.338 e. The van der Waals surface area contributed by atoms with Crippen LogP contribution in [0.1, 0.15) is 25.0 Å². The normalized spacial score (nSPS) is 10.6. The van der Waals surface area contributed by atoms with Crippen molar-refractivity contribution in [3.8, 4) is 33.8 Å². The lowest BCUT2D eigenvalue weighted by Gasteiger charge is -2.10. The number of carbonyl (C=O) groups excluding carboxylic acids is 2. The van der Waals surface area contributed by atoms with Crippen molar-refractivity contribution < 1.29 is 27.8 Å². The largest absolute Gasteiger partial charge is 0.423 e. The van der Waals surface area contributed by atoms with Crippen molar-refractivity contribution >= 4 is 11.9 Å². The number of rotatable bonds is 8. The molecule has 39 heavy (non-hydrogen) atoms. The van der Waals surface area contributed by atoms with Crippen LogP contribution in [0.4, 0.5) is 8.78 Å². The number of ether oxygens (including phenoxy) is 2. The molecule has 0 fully saturated rings. The first-order valence-electron chi connectivity index (χ1n) is 12.1. The van der Waals surface area contributed by atoms with E-state index in [0.717, 1.165) is 5.56 Å². The molecule has 0 radical (unpaired) electrons. The van der Waals surface area contributed by atoms with Crippen LogP contribution in [0.2, 0.25) is 0 Å². The Balaban J connectivity index is 1.45. The van der Waals surface area contributed by atoms with Crippen LogP contribution >= 0.6 is 0 Å². The molecule has 0 aliphatic carbocycles. The molecule has 0 N–H and O–H groups in total. The molecule has 0 aliphatic rings. The standard InChI is InChI=1S/C33H26F2O4/c1-20(2)32(36)38-27-12-8-23(9-13-27)25-6-7-26(30(34)19-25)17-22-5-16-29(31(35)18-22)24-10-14-28(15-11-24)39-33(37)21(3)4/h5-16,18-19H,1,3,17H2,2,4H3. The lowest BCUT2D eigenvalue weighted by atomic mass is 9.97. The third-order valence-electron chi connectivity index (χ3n) is 5.95. The van der Waals surface area contributed by atoms with Crippen LogP contribution in [0.3, 0.4) is 0 Å². The predicted molar refractivity (Wildman–Crippen MR) is 147 cm³/mol. The van der Waals surface area contributed by atoms with Gasteiger partial charge in [-0.25, -0.2) is 18.4 Å². The van der Waals surface area contributed by atoms with E-state index in [9.17, 15) is 18.4 Å². The van der Waals surface area contributed by atoms with Crippen molar-refractivity contribution in [2.45, 2.75) is 20.3 Å². The Morgan fingerprint density at radius 2 is 1.15 bits per heavy atom. The van der Waals surface area contributed by atoms with E-state index in [2.05, 4.69) is 13.2 Å². The van der Waals surface area contributed by atoms with Gasteiger partial charge in [0.1, 0.15) is 23.1 Å². The molecule has 196 valence electrons. The molecular weight excluding hydrogens is 498 g/mol. The average molecular weight is 525 g/mol. The van der Waals surface area contributed by atoms with Gasteiger partial charge in [0.2, 0.25) is 0 Å². The van der Waals surface area contributed by atoms with E-state index in [4.69, 9.17) is 9.47 Å². The smallest absolute Gasteiger partial charge is 0.338 e. The summed E-state index contributed by atoms with van der Waals surface area (Å²) in [6.07, 6.45) is 0.217. The molecule has 0 amide bonds. The maximum atomic E-state index is 15.0. The van der Waals surface area contributed by atoms with Gasteiger partial charge in [0.15, 0.2) is 0 Å². The molecule has 0 unspecified atom stereocenters. The Hall–Kier alpha value is -4.84. The summed E-state index contributed by atoms with van der Waals surface area (Å²) in [4.78, 5) is 23.3. The Bertz CT molecular complexity index is 1570. The van der Waals surface area contributed by atoms with E-state index >= 15 is 0 Å². The number of benzene rings is 4. The van der Waals surface area contributed by atoms with Crippen molar-refractivity contribution in [3.05, 3.63) is 132 Å². The first-order chi connectivity index (χ1) is 18.6. The Morgan fingerprint density at radius 1 is 0.641 bits per heavy atom. The zero-order chi connectivity index (χ0) is 28.1. The Kier molecular flexibility index (Phi) is 8.15. The van der Waals surface area contributed by atoms with Crippen molar-refractivity contribution in [3.63, 3.8) is 0 Å². The quantitative estimate of drug-likeness (QED) is 0.134. The lowest BCUT2D eigenvalue weighted by Crippen LogP contribution is -2.07. The molecule has 0 saturated carbocycles. The molecular formula is C33H26F2O4. The Labute approximate surface area is 225 Å². The summed E-state index contributed by atoms with van der Waals surface area (Å²) in [5, 5.41) is 0. The highest BCUT2D eigenvalue weighted by atomic mass is 19.1. The Morgan fingerprint density at radius 3 is 1.64 bits per heavy atom. The summed E-state index contributed by atoms with van der Waals surface area (Å²) in [5.74, 6) is -1.18. The molecule has 4 nitrogen and oxygen atoms in total. The van der Waals surface area contributed by atoms with Crippen LogP contribution in [0.15, 0.2) is 109 Å². The fourth-order valence-corrected chi connectivity index (χ4v) is 3.80. The zero-order valence-electron chi connectivity index (χ0n) is 21.6. The average Bonchev–Trinajstić information content (AvgIpc) is 2.91. The van der Waals surface area contributed by atoms with Crippen LogP contribution < -0.4 is 9.47 Å². The molecule has 6 heteroatoms. The second-order valence-corrected chi connectivity index (χ2v) is 9.19. The topological polar surface area (TPSA) is 52.6 Å². The second-order valence-electron chi connectivity index (χ2n) is 9.19. The predicted octanol–water partition coefficient (Wildman–Crippen LogP) is 7.85. The molecule has 0 saturated heterocycles. The molecule has 0 bridgehead atoms. The van der Waals surface area contributed by atoms with Gasteiger partial charge in [-0.05, 0) is 78.1 Å². The third kappa shape index (κ3) is 6.73. The number of hydrogen-bond acceptors (Lipinski definition) is 4. The van der Waals surface area contributed by atoms with Crippen LogP contribution in [0.25, 0.3) is 22.3 Å². The van der Waals surface area contributed by atoms with Gasteiger partial charge in [0, 0.05) is 23.1 Å². The fraction of sp³-hybridized carbons (Fsp3) is 0.0909. The summed E-state index contributed by atoms with van der Waals surface area (Å²) in [5.41, 5.74) is 4.04. The van der Waals surface area contributed by atoms with Crippen molar-refractivity contribution in [1.82, 2.24) is 0 Å². The fourth-order valence-electron chi connectivity index (χ4n) is 3.80. The van der Waals surface area contributed by atoms with Crippen molar-refractivity contribution in [2.75, 3.05) is 0 Å². The molecule has 0 spiro atoms. The van der Waals surface area contributed by atoms with Crippen LogP contribution in [0, 0.1) is 11.6 Å². The molecule has 4 rings (SSSR count). The number of esters is 2. The molecule has 0 aromatic heterocycles. The SMILES string of the molecule is C=C(C)C(=O)Oc1ccc(-c2ccc(Cc3ccc(-c4ccc(OC(=O)C(=C)C)cc4)c(F)c3)c(F)c2)cc1. The van der Waals surface area contributed by atoms with Crippen molar-refractivity contribution in [2.24, 2.45) is 0 Å². The number of halogens is 2. The second kappa shape index (κ2) is 11.7. The van der Waals surface area contributed by atoms with Crippen LogP contribution in [-0.2, 0) is 16.0 Å². The highest BCUT2D eigenvalue weighted by molar-refractivity contribution is 5.89. The first-order valence-corrected chi connectivity index (χ1v) is 12.1. The van der Waals surface area contributed by atoms with Crippen LogP contribution in [-0.4, -0.2) is 11.9 Å². The van der Waals surface area contributed by atoms with Gasteiger partial charge in [0.25, 0.3) is 0 Å².